The van der Waals surface area contributed by atoms with Gasteiger partial charge in [0.2, 0.25) is 0 Å². The molecular weight excluding hydrogens is 338 g/mol. The van der Waals surface area contributed by atoms with E-state index in [9.17, 15) is 0 Å². The van der Waals surface area contributed by atoms with Crippen LogP contribution in [0.1, 0.15) is 89.5 Å². The summed E-state index contributed by atoms with van der Waals surface area (Å²) in [6.45, 7) is 7.39. The van der Waals surface area contributed by atoms with Crippen molar-refractivity contribution in [2.45, 2.75) is 90.0 Å². The molecule has 2 saturated carbocycles. The van der Waals surface area contributed by atoms with Crippen molar-refractivity contribution in [2.75, 3.05) is 13.1 Å². The zero-order valence-corrected chi connectivity index (χ0v) is 17.7. The second-order valence-electron chi connectivity index (χ2n) is 8.80. The molecule has 0 saturated heterocycles. The smallest absolute Gasteiger partial charge is 0.0406 e. The van der Waals surface area contributed by atoms with Crippen molar-refractivity contribution in [3.8, 4) is 0 Å². The molecule has 2 fully saturated rings. The molecule has 2 atom stereocenters. The van der Waals surface area contributed by atoms with E-state index in [1.54, 1.807) is 0 Å². The average molecular weight is 376 g/mol. The van der Waals surface area contributed by atoms with E-state index in [2.05, 4.69) is 43.0 Å². The second kappa shape index (κ2) is 10.1. The molecule has 26 heavy (non-hydrogen) atoms. The molecule has 0 N–H and O–H groups in total. The first-order valence-electron chi connectivity index (χ1n) is 11.2. The Morgan fingerprint density at radius 1 is 0.923 bits per heavy atom. The molecule has 2 heteroatoms. The largest absolute Gasteiger partial charge is 0.299 e. The molecule has 0 spiro atoms. The summed E-state index contributed by atoms with van der Waals surface area (Å²) in [5.74, 6) is 2.48. The van der Waals surface area contributed by atoms with Gasteiger partial charge in [-0.1, -0.05) is 76.1 Å². The highest BCUT2D eigenvalue weighted by Crippen LogP contribution is 2.38. The van der Waals surface area contributed by atoms with Crippen LogP contribution in [0.5, 0.6) is 0 Å². The fourth-order valence-electron chi connectivity index (χ4n) is 5.40. The molecule has 3 rings (SSSR count). The lowest BCUT2D eigenvalue weighted by Gasteiger charge is -2.43. The van der Waals surface area contributed by atoms with Crippen molar-refractivity contribution >= 4 is 11.6 Å². The topological polar surface area (TPSA) is 3.24 Å². The molecule has 0 bridgehead atoms. The van der Waals surface area contributed by atoms with Crippen LogP contribution in [0.4, 0.5) is 0 Å². The highest BCUT2D eigenvalue weighted by atomic mass is 35.5. The molecule has 0 aromatic heterocycles. The van der Waals surface area contributed by atoms with E-state index >= 15 is 0 Å². The standard InChI is InChI=1S/C24H38ClN/c1-3-19(4-2)17-26(18-20-9-5-6-10-20)24-12-8-7-11-23(24)21-13-15-22(25)16-14-21/h13-16,19-20,23-24H,3-12,17-18H2,1-2H3/t23-,24+/m0/s1. The summed E-state index contributed by atoms with van der Waals surface area (Å²) in [4.78, 5) is 2.94. The summed E-state index contributed by atoms with van der Waals surface area (Å²) in [5.41, 5.74) is 1.51. The summed E-state index contributed by atoms with van der Waals surface area (Å²) in [6.07, 6.45) is 14.0. The number of hydrogen-bond acceptors (Lipinski definition) is 1. The fourth-order valence-corrected chi connectivity index (χ4v) is 5.52. The molecule has 0 unspecified atom stereocenters. The minimum absolute atomic E-state index is 0.691. The third-order valence-corrected chi connectivity index (χ3v) is 7.36. The Labute approximate surface area is 166 Å². The van der Waals surface area contributed by atoms with Gasteiger partial charge < -0.3 is 0 Å². The molecule has 146 valence electrons. The Hall–Kier alpha value is -0.530. The van der Waals surface area contributed by atoms with Crippen LogP contribution in [-0.2, 0) is 0 Å². The predicted octanol–water partition coefficient (Wildman–Crippen LogP) is 7.29. The van der Waals surface area contributed by atoms with E-state index in [1.807, 2.05) is 0 Å². The van der Waals surface area contributed by atoms with Crippen LogP contribution in [-0.4, -0.2) is 24.0 Å². The molecule has 1 nitrogen and oxygen atoms in total. The van der Waals surface area contributed by atoms with Crippen LogP contribution in [0.2, 0.25) is 5.02 Å². The molecular formula is C24H38ClN. The van der Waals surface area contributed by atoms with Gasteiger partial charge in [0.1, 0.15) is 0 Å². The Bertz CT molecular complexity index is 512. The van der Waals surface area contributed by atoms with E-state index in [1.165, 1.54) is 82.9 Å². The molecule has 0 heterocycles. The van der Waals surface area contributed by atoms with Crippen LogP contribution in [0, 0.1) is 11.8 Å². The van der Waals surface area contributed by atoms with Crippen LogP contribution < -0.4 is 0 Å². The first-order chi connectivity index (χ1) is 12.7. The van der Waals surface area contributed by atoms with E-state index in [0.29, 0.717) is 5.92 Å². The van der Waals surface area contributed by atoms with Crippen molar-refractivity contribution in [3.63, 3.8) is 0 Å². The van der Waals surface area contributed by atoms with Crippen LogP contribution >= 0.6 is 11.6 Å². The minimum atomic E-state index is 0.691. The molecule has 0 radical (unpaired) electrons. The third-order valence-electron chi connectivity index (χ3n) is 7.11. The first-order valence-corrected chi connectivity index (χ1v) is 11.6. The number of nitrogens with zero attached hydrogens (tertiary/aromatic N) is 1. The van der Waals surface area contributed by atoms with Gasteiger partial charge in [-0.2, -0.15) is 0 Å². The van der Waals surface area contributed by atoms with Gasteiger partial charge in [0.25, 0.3) is 0 Å². The lowest BCUT2D eigenvalue weighted by Crippen LogP contribution is -2.45. The van der Waals surface area contributed by atoms with Gasteiger partial charge in [-0.05, 0) is 61.1 Å². The zero-order chi connectivity index (χ0) is 18.4. The van der Waals surface area contributed by atoms with Gasteiger partial charge in [0.15, 0.2) is 0 Å². The van der Waals surface area contributed by atoms with Gasteiger partial charge in [0, 0.05) is 24.2 Å². The monoisotopic (exact) mass is 375 g/mol. The van der Waals surface area contributed by atoms with Crippen molar-refractivity contribution < 1.29 is 0 Å². The summed E-state index contributed by atoms with van der Waals surface area (Å²) in [7, 11) is 0. The van der Waals surface area contributed by atoms with E-state index in [-0.39, 0.29) is 0 Å². The lowest BCUT2D eigenvalue weighted by atomic mass is 9.78. The van der Waals surface area contributed by atoms with Crippen molar-refractivity contribution in [1.82, 2.24) is 4.90 Å². The van der Waals surface area contributed by atoms with Crippen LogP contribution in [0.15, 0.2) is 24.3 Å². The Balaban J connectivity index is 1.79. The molecule has 2 aliphatic carbocycles. The van der Waals surface area contributed by atoms with Crippen LogP contribution in [0.25, 0.3) is 0 Å². The molecule has 0 aliphatic heterocycles. The summed E-state index contributed by atoms with van der Waals surface area (Å²) >= 11 is 6.16. The van der Waals surface area contributed by atoms with E-state index in [0.717, 1.165) is 22.9 Å². The summed E-state index contributed by atoms with van der Waals surface area (Å²) < 4.78 is 0. The second-order valence-corrected chi connectivity index (χ2v) is 9.23. The summed E-state index contributed by atoms with van der Waals surface area (Å²) in [6, 6.07) is 9.48. The highest BCUT2D eigenvalue weighted by Gasteiger charge is 2.33. The quantitative estimate of drug-likeness (QED) is 0.460. The van der Waals surface area contributed by atoms with Crippen molar-refractivity contribution in [1.29, 1.82) is 0 Å². The highest BCUT2D eigenvalue weighted by molar-refractivity contribution is 6.30. The molecule has 2 aliphatic rings. The molecule has 1 aromatic carbocycles. The van der Waals surface area contributed by atoms with E-state index < -0.39 is 0 Å². The van der Waals surface area contributed by atoms with Crippen LogP contribution in [0.3, 0.4) is 0 Å². The predicted molar refractivity (Wildman–Crippen MR) is 114 cm³/mol. The molecule has 1 aromatic rings. The van der Waals surface area contributed by atoms with Gasteiger partial charge >= 0.3 is 0 Å². The van der Waals surface area contributed by atoms with Gasteiger partial charge in [-0.3, -0.25) is 4.90 Å². The zero-order valence-electron chi connectivity index (χ0n) is 16.9. The van der Waals surface area contributed by atoms with Gasteiger partial charge in [0.05, 0.1) is 0 Å². The van der Waals surface area contributed by atoms with E-state index in [4.69, 9.17) is 11.6 Å². The number of benzene rings is 1. The third kappa shape index (κ3) is 5.26. The lowest BCUT2D eigenvalue weighted by molar-refractivity contribution is 0.0954. The Kier molecular flexibility index (Phi) is 7.88. The fraction of sp³-hybridized carbons (Fsp3) is 0.750. The first kappa shape index (κ1) is 20.2. The average Bonchev–Trinajstić information content (AvgIpc) is 3.19. The SMILES string of the molecule is CCC(CC)CN(CC1CCCC1)[C@@H]1CCCC[C@H]1c1ccc(Cl)cc1. The Morgan fingerprint density at radius 3 is 2.19 bits per heavy atom. The maximum absolute atomic E-state index is 6.16. The normalized spacial score (nSPS) is 24.7. The maximum atomic E-state index is 6.16. The van der Waals surface area contributed by atoms with Gasteiger partial charge in [-0.25, -0.2) is 0 Å². The van der Waals surface area contributed by atoms with Gasteiger partial charge in [-0.15, -0.1) is 0 Å². The number of rotatable bonds is 8. The Morgan fingerprint density at radius 2 is 1.54 bits per heavy atom. The number of halogens is 1. The molecule has 0 amide bonds. The maximum Gasteiger partial charge on any atom is 0.0406 e. The van der Waals surface area contributed by atoms with Crippen molar-refractivity contribution in [2.24, 2.45) is 11.8 Å². The number of hydrogen-bond donors (Lipinski definition) is 0. The summed E-state index contributed by atoms with van der Waals surface area (Å²) in [5, 5.41) is 0.862. The van der Waals surface area contributed by atoms with Crippen molar-refractivity contribution in [3.05, 3.63) is 34.9 Å². The minimum Gasteiger partial charge on any atom is -0.299 e.